The van der Waals surface area contributed by atoms with Crippen molar-refractivity contribution in [3.05, 3.63) is 12.1 Å². The molecular weight excluding hydrogens is 310 g/mol. The van der Waals surface area contributed by atoms with Gasteiger partial charge in [-0.15, -0.1) is 0 Å². The van der Waals surface area contributed by atoms with Crippen LogP contribution in [0.2, 0.25) is 0 Å². The quantitative estimate of drug-likeness (QED) is 0.868. The van der Waals surface area contributed by atoms with Crippen LogP contribution in [0.3, 0.4) is 0 Å². The monoisotopic (exact) mass is 335 g/mol. The summed E-state index contributed by atoms with van der Waals surface area (Å²) in [6, 6.07) is 3.96. The van der Waals surface area contributed by atoms with Gasteiger partial charge in [-0.2, -0.15) is 0 Å². The van der Waals surface area contributed by atoms with Crippen LogP contribution in [0.25, 0.3) is 0 Å². The van der Waals surface area contributed by atoms with Crippen molar-refractivity contribution in [1.29, 1.82) is 0 Å². The fourth-order valence-corrected chi connectivity index (χ4v) is 3.41. The van der Waals surface area contributed by atoms with E-state index in [0.29, 0.717) is 23.7 Å². The van der Waals surface area contributed by atoms with Gasteiger partial charge in [-0.3, -0.25) is 9.69 Å². The van der Waals surface area contributed by atoms with Gasteiger partial charge in [0.2, 0.25) is 11.7 Å². The third-order valence-corrected chi connectivity index (χ3v) is 4.74. The standard InChI is InChI=1S/C17H25N3O4/c1-22-13-10-12(11-14(23-2)17(13)24-3)19-6-8-20(9-7-19)15-4-5-16(21)18-15/h10-11,15H,4-9H2,1-3H3,(H,18,21). The first-order valence-corrected chi connectivity index (χ1v) is 8.24. The number of rotatable bonds is 5. The molecule has 7 heteroatoms. The maximum Gasteiger partial charge on any atom is 0.221 e. The number of methoxy groups -OCH3 is 3. The van der Waals surface area contributed by atoms with Crippen LogP contribution >= 0.6 is 0 Å². The molecule has 2 aliphatic heterocycles. The smallest absolute Gasteiger partial charge is 0.221 e. The molecule has 1 aromatic rings. The Morgan fingerprint density at radius 3 is 2.08 bits per heavy atom. The topological polar surface area (TPSA) is 63.3 Å². The van der Waals surface area contributed by atoms with Crippen molar-refractivity contribution >= 4 is 11.6 Å². The number of amides is 1. The molecule has 132 valence electrons. The van der Waals surface area contributed by atoms with Gasteiger partial charge < -0.3 is 24.4 Å². The van der Waals surface area contributed by atoms with Gasteiger partial charge in [0.25, 0.3) is 0 Å². The molecule has 1 atom stereocenters. The van der Waals surface area contributed by atoms with Crippen LogP contribution in [0.15, 0.2) is 12.1 Å². The van der Waals surface area contributed by atoms with E-state index < -0.39 is 0 Å². The zero-order valence-electron chi connectivity index (χ0n) is 14.5. The Hall–Kier alpha value is -2.15. The summed E-state index contributed by atoms with van der Waals surface area (Å²) < 4.78 is 16.2. The van der Waals surface area contributed by atoms with Crippen LogP contribution in [-0.2, 0) is 4.79 Å². The van der Waals surface area contributed by atoms with Gasteiger partial charge in [0, 0.05) is 50.4 Å². The van der Waals surface area contributed by atoms with E-state index in [1.54, 1.807) is 21.3 Å². The lowest BCUT2D eigenvalue weighted by Gasteiger charge is -2.39. The minimum atomic E-state index is 0.159. The van der Waals surface area contributed by atoms with E-state index in [1.165, 1.54) is 0 Å². The molecule has 0 saturated carbocycles. The van der Waals surface area contributed by atoms with Gasteiger partial charge in [0.15, 0.2) is 11.5 Å². The average Bonchev–Trinajstić information content (AvgIpc) is 3.06. The number of carbonyl (C=O) groups is 1. The highest BCUT2D eigenvalue weighted by molar-refractivity contribution is 5.78. The van der Waals surface area contributed by atoms with E-state index in [1.807, 2.05) is 12.1 Å². The first-order chi connectivity index (χ1) is 11.7. The van der Waals surface area contributed by atoms with E-state index in [9.17, 15) is 4.79 Å². The largest absolute Gasteiger partial charge is 0.493 e. The van der Waals surface area contributed by atoms with Crippen molar-refractivity contribution in [2.24, 2.45) is 0 Å². The number of hydrogen-bond donors (Lipinski definition) is 1. The van der Waals surface area contributed by atoms with Gasteiger partial charge in [-0.25, -0.2) is 0 Å². The number of nitrogens with one attached hydrogen (secondary N) is 1. The van der Waals surface area contributed by atoms with Crippen molar-refractivity contribution in [3.8, 4) is 17.2 Å². The predicted octanol–water partition coefficient (Wildman–Crippen LogP) is 1.07. The van der Waals surface area contributed by atoms with Crippen molar-refractivity contribution in [1.82, 2.24) is 10.2 Å². The maximum atomic E-state index is 11.4. The van der Waals surface area contributed by atoms with Crippen molar-refractivity contribution < 1.29 is 19.0 Å². The summed E-state index contributed by atoms with van der Waals surface area (Å²) in [5.41, 5.74) is 1.06. The molecule has 1 N–H and O–H groups in total. The molecule has 0 spiro atoms. The van der Waals surface area contributed by atoms with Gasteiger partial charge in [-0.1, -0.05) is 0 Å². The van der Waals surface area contributed by atoms with Crippen LogP contribution in [-0.4, -0.2) is 64.5 Å². The molecule has 3 rings (SSSR count). The average molecular weight is 335 g/mol. The van der Waals surface area contributed by atoms with E-state index >= 15 is 0 Å². The summed E-state index contributed by atoms with van der Waals surface area (Å²) in [6.07, 6.45) is 1.74. The lowest BCUT2D eigenvalue weighted by atomic mass is 10.2. The fourth-order valence-electron chi connectivity index (χ4n) is 3.41. The number of benzene rings is 1. The number of hydrogen-bond acceptors (Lipinski definition) is 6. The Bertz CT molecular complexity index is 574. The first-order valence-electron chi connectivity index (χ1n) is 8.24. The normalized spacial score (nSPS) is 21.5. The molecule has 1 unspecified atom stereocenters. The van der Waals surface area contributed by atoms with Crippen molar-refractivity contribution in [3.63, 3.8) is 0 Å². The summed E-state index contributed by atoms with van der Waals surface area (Å²) in [5.74, 6) is 2.10. The summed E-state index contributed by atoms with van der Waals surface area (Å²) in [7, 11) is 4.86. The van der Waals surface area contributed by atoms with Gasteiger partial charge in [0.1, 0.15) is 0 Å². The summed E-state index contributed by atoms with van der Waals surface area (Å²) >= 11 is 0. The summed E-state index contributed by atoms with van der Waals surface area (Å²) in [5, 5.41) is 3.04. The molecule has 2 fully saturated rings. The Labute approximate surface area is 142 Å². The minimum Gasteiger partial charge on any atom is -0.493 e. The van der Waals surface area contributed by atoms with Crippen molar-refractivity contribution in [2.45, 2.75) is 19.0 Å². The number of piperazine rings is 1. The zero-order valence-corrected chi connectivity index (χ0v) is 14.5. The molecule has 0 bridgehead atoms. The Kier molecular flexibility index (Phi) is 4.99. The van der Waals surface area contributed by atoms with E-state index in [-0.39, 0.29) is 12.1 Å². The molecule has 24 heavy (non-hydrogen) atoms. The highest BCUT2D eigenvalue weighted by atomic mass is 16.5. The Morgan fingerprint density at radius 1 is 1.00 bits per heavy atom. The second-order valence-corrected chi connectivity index (χ2v) is 6.03. The van der Waals surface area contributed by atoms with Crippen LogP contribution in [0.5, 0.6) is 17.2 Å². The molecule has 2 saturated heterocycles. The number of anilines is 1. The van der Waals surface area contributed by atoms with Crippen LogP contribution in [0.4, 0.5) is 5.69 Å². The molecule has 0 aromatic heterocycles. The van der Waals surface area contributed by atoms with Crippen LogP contribution in [0, 0.1) is 0 Å². The zero-order chi connectivity index (χ0) is 17.1. The maximum absolute atomic E-state index is 11.4. The van der Waals surface area contributed by atoms with Gasteiger partial charge in [-0.05, 0) is 6.42 Å². The highest BCUT2D eigenvalue weighted by Gasteiger charge is 2.29. The lowest BCUT2D eigenvalue weighted by Crippen LogP contribution is -2.53. The molecule has 0 radical (unpaired) electrons. The van der Waals surface area contributed by atoms with Crippen LogP contribution in [0.1, 0.15) is 12.8 Å². The Balaban J connectivity index is 1.71. The van der Waals surface area contributed by atoms with Crippen LogP contribution < -0.4 is 24.4 Å². The molecule has 2 heterocycles. The van der Waals surface area contributed by atoms with Crippen molar-refractivity contribution in [2.75, 3.05) is 52.4 Å². The molecule has 1 amide bonds. The van der Waals surface area contributed by atoms with E-state index in [4.69, 9.17) is 14.2 Å². The minimum absolute atomic E-state index is 0.159. The first kappa shape index (κ1) is 16.7. The lowest BCUT2D eigenvalue weighted by molar-refractivity contribution is -0.119. The van der Waals surface area contributed by atoms with E-state index in [0.717, 1.165) is 38.3 Å². The molecular formula is C17H25N3O4. The Morgan fingerprint density at radius 2 is 1.62 bits per heavy atom. The predicted molar refractivity (Wildman–Crippen MR) is 91.0 cm³/mol. The molecule has 0 aliphatic carbocycles. The van der Waals surface area contributed by atoms with Gasteiger partial charge >= 0.3 is 0 Å². The SMILES string of the molecule is COc1cc(N2CCN(C3CCC(=O)N3)CC2)cc(OC)c1OC. The van der Waals surface area contributed by atoms with E-state index in [2.05, 4.69) is 15.1 Å². The highest BCUT2D eigenvalue weighted by Crippen LogP contribution is 2.41. The third-order valence-electron chi connectivity index (χ3n) is 4.74. The third kappa shape index (κ3) is 3.21. The summed E-state index contributed by atoms with van der Waals surface area (Å²) in [6.45, 7) is 3.62. The second kappa shape index (κ2) is 7.17. The number of carbonyl (C=O) groups excluding carboxylic acids is 1. The number of ether oxygens (including phenoxy) is 3. The van der Waals surface area contributed by atoms with Gasteiger partial charge in [0.05, 0.1) is 27.5 Å². The molecule has 1 aromatic carbocycles. The molecule has 7 nitrogen and oxygen atoms in total. The summed E-state index contributed by atoms with van der Waals surface area (Å²) in [4.78, 5) is 16.0. The number of nitrogens with zero attached hydrogens (tertiary/aromatic N) is 2. The second-order valence-electron chi connectivity index (χ2n) is 6.03. The molecule has 2 aliphatic rings. The fraction of sp³-hybridized carbons (Fsp3) is 0.588.